The molecule has 4 nitrogen and oxygen atoms in total. The molecular weight excluding hydrogens is 286 g/mol. The number of hydrogen-bond acceptors (Lipinski definition) is 4. The van der Waals surface area contributed by atoms with E-state index < -0.39 is 9.84 Å². The predicted molar refractivity (Wildman–Crippen MR) is 84.7 cm³/mol. The molecule has 0 radical (unpaired) electrons. The fourth-order valence-corrected chi connectivity index (χ4v) is 2.49. The van der Waals surface area contributed by atoms with Gasteiger partial charge in [0.1, 0.15) is 12.4 Å². The number of rotatable bonds is 6. The maximum Gasteiger partial charge on any atom is 0.175 e. The topological polar surface area (TPSA) is 55.4 Å². The summed E-state index contributed by atoms with van der Waals surface area (Å²) in [5.41, 5.74) is 2.25. The van der Waals surface area contributed by atoms with Gasteiger partial charge in [-0.15, -0.1) is 0 Å². The number of ether oxygens (including phenoxy) is 1. The second kappa shape index (κ2) is 6.63. The van der Waals surface area contributed by atoms with Crippen molar-refractivity contribution in [1.82, 2.24) is 0 Å². The molecule has 0 bridgehead atoms. The van der Waals surface area contributed by atoms with Gasteiger partial charge in [0.25, 0.3) is 0 Å². The normalized spacial score (nSPS) is 11.1. The van der Waals surface area contributed by atoms with Gasteiger partial charge in [0.15, 0.2) is 9.84 Å². The highest BCUT2D eigenvalue weighted by atomic mass is 32.2. The molecule has 2 rings (SSSR count). The third-order valence-corrected chi connectivity index (χ3v) is 4.10. The van der Waals surface area contributed by atoms with E-state index in [-0.39, 0.29) is 4.90 Å². The average molecular weight is 305 g/mol. The Morgan fingerprint density at radius 2 is 1.81 bits per heavy atom. The van der Waals surface area contributed by atoms with Gasteiger partial charge in [-0.3, -0.25) is 0 Å². The highest BCUT2D eigenvalue weighted by Gasteiger charge is 2.07. The Kier molecular flexibility index (Phi) is 4.85. The van der Waals surface area contributed by atoms with Crippen LogP contribution in [-0.4, -0.2) is 27.8 Å². The first-order valence-corrected chi connectivity index (χ1v) is 8.58. The molecule has 0 heterocycles. The Hall–Kier alpha value is -2.01. The molecule has 0 aliphatic rings. The van der Waals surface area contributed by atoms with Crippen LogP contribution in [0.2, 0.25) is 0 Å². The Morgan fingerprint density at radius 1 is 1.10 bits per heavy atom. The molecule has 0 saturated heterocycles. The van der Waals surface area contributed by atoms with Crippen LogP contribution >= 0.6 is 0 Å². The maximum absolute atomic E-state index is 11.5. The summed E-state index contributed by atoms with van der Waals surface area (Å²) < 4.78 is 28.5. The van der Waals surface area contributed by atoms with Crippen molar-refractivity contribution in [3.8, 4) is 5.75 Å². The molecule has 2 aromatic carbocycles. The molecule has 0 fully saturated rings. The zero-order valence-electron chi connectivity index (χ0n) is 12.2. The lowest BCUT2D eigenvalue weighted by Crippen LogP contribution is -2.11. The van der Waals surface area contributed by atoms with Gasteiger partial charge >= 0.3 is 0 Å². The van der Waals surface area contributed by atoms with E-state index in [0.29, 0.717) is 18.9 Å². The Balaban J connectivity index is 1.85. The van der Waals surface area contributed by atoms with E-state index in [2.05, 4.69) is 5.32 Å². The Bertz CT molecular complexity index is 694. The molecule has 2 aromatic rings. The van der Waals surface area contributed by atoms with Gasteiger partial charge in [0.05, 0.1) is 4.90 Å². The first kappa shape index (κ1) is 15.4. The van der Waals surface area contributed by atoms with Crippen LogP contribution in [-0.2, 0) is 9.84 Å². The molecule has 112 valence electrons. The van der Waals surface area contributed by atoms with Crippen molar-refractivity contribution >= 4 is 15.5 Å². The van der Waals surface area contributed by atoms with Crippen molar-refractivity contribution in [2.75, 3.05) is 24.7 Å². The third-order valence-electron chi connectivity index (χ3n) is 2.99. The van der Waals surface area contributed by atoms with Crippen molar-refractivity contribution in [2.45, 2.75) is 11.8 Å². The fourth-order valence-electron chi connectivity index (χ4n) is 1.83. The second-order valence-corrected chi connectivity index (χ2v) is 6.90. The number of nitrogens with one attached hydrogen (secondary N) is 1. The van der Waals surface area contributed by atoms with Crippen LogP contribution in [0.15, 0.2) is 53.4 Å². The summed E-state index contributed by atoms with van der Waals surface area (Å²) in [6, 6.07) is 14.6. The standard InChI is InChI=1S/C16H19NO3S/c1-13-6-8-14(9-7-13)17-10-11-20-15-4-3-5-16(12-15)21(2,18)19/h3-9,12,17H,10-11H2,1-2H3. The summed E-state index contributed by atoms with van der Waals surface area (Å²) in [6.45, 7) is 3.15. The van der Waals surface area contributed by atoms with Gasteiger partial charge in [-0.1, -0.05) is 23.8 Å². The van der Waals surface area contributed by atoms with E-state index in [4.69, 9.17) is 4.74 Å². The molecule has 5 heteroatoms. The Morgan fingerprint density at radius 3 is 2.48 bits per heavy atom. The van der Waals surface area contributed by atoms with Crippen molar-refractivity contribution in [1.29, 1.82) is 0 Å². The average Bonchev–Trinajstić information content (AvgIpc) is 2.45. The molecule has 21 heavy (non-hydrogen) atoms. The van der Waals surface area contributed by atoms with E-state index >= 15 is 0 Å². The number of anilines is 1. The van der Waals surface area contributed by atoms with Crippen molar-refractivity contribution in [2.24, 2.45) is 0 Å². The first-order valence-electron chi connectivity index (χ1n) is 6.68. The number of hydrogen-bond donors (Lipinski definition) is 1. The van der Waals surface area contributed by atoms with Crippen LogP contribution in [0.1, 0.15) is 5.56 Å². The van der Waals surface area contributed by atoms with Gasteiger partial charge < -0.3 is 10.1 Å². The molecule has 0 atom stereocenters. The molecule has 0 aromatic heterocycles. The maximum atomic E-state index is 11.5. The minimum absolute atomic E-state index is 0.270. The monoisotopic (exact) mass is 305 g/mol. The SMILES string of the molecule is Cc1ccc(NCCOc2cccc(S(C)(=O)=O)c2)cc1. The summed E-state index contributed by atoms with van der Waals surface area (Å²) >= 11 is 0. The van der Waals surface area contributed by atoms with E-state index in [1.807, 2.05) is 31.2 Å². The minimum atomic E-state index is -3.20. The summed E-state index contributed by atoms with van der Waals surface area (Å²) in [4.78, 5) is 0.270. The van der Waals surface area contributed by atoms with Crippen LogP contribution < -0.4 is 10.1 Å². The summed E-state index contributed by atoms with van der Waals surface area (Å²) in [5.74, 6) is 0.559. The van der Waals surface area contributed by atoms with Gasteiger partial charge in [0, 0.05) is 18.5 Å². The quantitative estimate of drug-likeness (QED) is 0.834. The zero-order valence-corrected chi connectivity index (χ0v) is 13.0. The number of benzene rings is 2. The third kappa shape index (κ3) is 4.79. The Labute approximate surface area is 125 Å². The van der Waals surface area contributed by atoms with Gasteiger partial charge in [0.2, 0.25) is 0 Å². The van der Waals surface area contributed by atoms with E-state index in [1.54, 1.807) is 24.3 Å². The lowest BCUT2D eigenvalue weighted by Gasteiger charge is -2.09. The largest absolute Gasteiger partial charge is 0.492 e. The molecule has 0 saturated carbocycles. The minimum Gasteiger partial charge on any atom is -0.492 e. The molecule has 0 aliphatic carbocycles. The van der Waals surface area contributed by atoms with Crippen LogP contribution in [0, 0.1) is 6.92 Å². The highest BCUT2D eigenvalue weighted by molar-refractivity contribution is 7.90. The molecule has 0 unspecified atom stereocenters. The van der Waals surface area contributed by atoms with Gasteiger partial charge in [-0.25, -0.2) is 8.42 Å². The van der Waals surface area contributed by atoms with Crippen LogP contribution in [0.3, 0.4) is 0 Å². The predicted octanol–water partition coefficient (Wildman–Crippen LogP) is 2.89. The number of sulfone groups is 1. The highest BCUT2D eigenvalue weighted by Crippen LogP contribution is 2.17. The van der Waals surface area contributed by atoms with Crippen molar-refractivity contribution in [3.05, 3.63) is 54.1 Å². The van der Waals surface area contributed by atoms with Crippen LogP contribution in [0.4, 0.5) is 5.69 Å². The lowest BCUT2D eigenvalue weighted by atomic mass is 10.2. The molecule has 0 amide bonds. The summed E-state index contributed by atoms with van der Waals surface area (Å²) in [5, 5.41) is 3.24. The second-order valence-electron chi connectivity index (χ2n) is 4.89. The lowest BCUT2D eigenvalue weighted by molar-refractivity contribution is 0.332. The summed E-state index contributed by atoms with van der Waals surface area (Å²) in [7, 11) is -3.20. The van der Waals surface area contributed by atoms with Crippen LogP contribution in [0.25, 0.3) is 0 Å². The van der Waals surface area contributed by atoms with Crippen molar-refractivity contribution < 1.29 is 13.2 Å². The molecule has 0 aliphatic heterocycles. The van der Waals surface area contributed by atoms with Crippen molar-refractivity contribution in [3.63, 3.8) is 0 Å². The zero-order chi connectivity index (χ0) is 15.3. The molecule has 0 spiro atoms. The first-order chi connectivity index (χ1) is 9.95. The van der Waals surface area contributed by atoms with Crippen LogP contribution in [0.5, 0.6) is 5.75 Å². The fraction of sp³-hybridized carbons (Fsp3) is 0.250. The number of aryl methyl sites for hydroxylation is 1. The molecule has 1 N–H and O–H groups in total. The summed E-state index contributed by atoms with van der Waals surface area (Å²) in [6.07, 6.45) is 1.19. The van der Waals surface area contributed by atoms with Gasteiger partial charge in [-0.05, 0) is 37.3 Å². The van der Waals surface area contributed by atoms with E-state index in [1.165, 1.54) is 11.8 Å². The molecular formula is C16H19NO3S. The smallest absolute Gasteiger partial charge is 0.175 e. The van der Waals surface area contributed by atoms with E-state index in [0.717, 1.165) is 5.69 Å². The van der Waals surface area contributed by atoms with Gasteiger partial charge in [-0.2, -0.15) is 0 Å². The van der Waals surface area contributed by atoms with E-state index in [9.17, 15) is 8.42 Å².